The van der Waals surface area contributed by atoms with Crippen LogP contribution in [0.1, 0.15) is 51.7 Å². The normalized spacial score (nSPS) is 14.5. The third-order valence-electron chi connectivity index (χ3n) is 15.3. The Morgan fingerprint density at radius 1 is 0.348 bits per heavy atom. The van der Waals surface area contributed by atoms with Crippen LogP contribution >= 0.6 is 0 Å². The number of hydrogen-bond acceptors (Lipinski definition) is 3. The summed E-state index contributed by atoms with van der Waals surface area (Å²) in [5.41, 5.74) is 13.8. The fraction of sp³-hybridized carbons (Fsp3) is 0.127. The van der Waals surface area contributed by atoms with Crippen molar-refractivity contribution in [2.75, 3.05) is 0 Å². The van der Waals surface area contributed by atoms with Gasteiger partial charge in [-0.15, -0.1) is 0 Å². The number of nitrogens with zero attached hydrogens (tertiary/aromatic N) is 6. The molecule has 0 bridgehead atoms. The Morgan fingerprint density at radius 2 is 0.855 bits per heavy atom. The Bertz CT molecular complexity index is 4190. The van der Waals surface area contributed by atoms with E-state index in [0.717, 1.165) is 57.4 Å². The molecule has 1 aliphatic carbocycles. The van der Waals surface area contributed by atoms with E-state index in [1.54, 1.807) is 0 Å². The minimum Gasteiger partial charge on any atom is -0.309 e. The summed E-state index contributed by atoms with van der Waals surface area (Å²) in [5, 5.41) is 9.72. The maximum atomic E-state index is 5.51. The van der Waals surface area contributed by atoms with Crippen molar-refractivity contribution in [2.24, 2.45) is 0 Å². The van der Waals surface area contributed by atoms with Crippen molar-refractivity contribution in [3.63, 3.8) is 0 Å². The lowest BCUT2D eigenvalue weighted by Crippen LogP contribution is -2.33. The molecule has 1 aliphatic rings. The van der Waals surface area contributed by atoms with Gasteiger partial charge in [-0.05, 0) is 112 Å². The van der Waals surface area contributed by atoms with E-state index in [-0.39, 0.29) is 10.8 Å². The molecule has 0 unspecified atom stereocenters. The molecule has 4 heterocycles. The average molecular weight is 889 g/mol. The summed E-state index contributed by atoms with van der Waals surface area (Å²) in [7, 11) is 0. The van der Waals surface area contributed by atoms with Crippen molar-refractivity contribution in [2.45, 2.75) is 51.4 Å². The maximum absolute atomic E-state index is 5.51. The topological polar surface area (TPSA) is 53.5 Å². The molecule has 0 saturated heterocycles. The van der Waals surface area contributed by atoms with E-state index in [9.17, 15) is 0 Å². The van der Waals surface area contributed by atoms with Gasteiger partial charge in [-0.1, -0.05) is 155 Å². The van der Waals surface area contributed by atoms with Crippen LogP contribution in [0.2, 0.25) is 0 Å². The third-order valence-corrected chi connectivity index (χ3v) is 15.3. The summed E-state index contributed by atoms with van der Waals surface area (Å²) in [4.78, 5) is 16.2. The molecular formula is C63H48N6. The number of aromatic nitrogens is 6. The van der Waals surface area contributed by atoms with Crippen molar-refractivity contribution in [1.29, 1.82) is 0 Å². The lowest BCUT2D eigenvalue weighted by atomic mass is 9.63. The molecule has 0 spiro atoms. The van der Waals surface area contributed by atoms with E-state index in [1.165, 1.54) is 65.3 Å². The van der Waals surface area contributed by atoms with Crippen LogP contribution in [0.3, 0.4) is 0 Å². The Morgan fingerprint density at radius 3 is 1.57 bits per heavy atom. The Kier molecular flexibility index (Phi) is 8.40. The van der Waals surface area contributed by atoms with Crippen LogP contribution in [0.4, 0.5) is 0 Å². The summed E-state index contributed by atoms with van der Waals surface area (Å²) < 4.78 is 7.14. The first-order valence-electron chi connectivity index (χ1n) is 24.2. The number of para-hydroxylation sites is 3. The second kappa shape index (κ2) is 14.6. The molecule has 0 atom stereocenters. The second-order valence-corrected chi connectivity index (χ2v) is 20.3. The molecule has 13 aromatic rings. The van der Waals surface area contributed by atoms with Crippen LogP contribution < -0.4 is 0 Å². The molecule has 6 nitrogen and oxygen atoms in total. The molecule has 0 N–H and O–H groups in total. The van der Waals surface area contributed by atoms with Gasteiger partial charge in [0.2, 0.25) is 5.95 Å². The van der Waals surface area contributed by atoms with Crippen molar-refractivity contribution in [3.05, 3.63) is 205 Å². The second-order valence-electron chi connectivity index (χ2n) is 20.3. The van der Waals surface area contributed by atoms with Crippen molar-refractivity contribution >= 4 is 76.2 Å². The lowest BCUT2D eigenvalue weighted by Gasteiger charge is -2.42. The zero-order valence-electron chi connectivity index (χ0n) is 39.1. The highest BCUT2D eigenvalue weighted by atomic mass is 15.2. The van der Waals surface area contributed by atoms with E-state index in [0.29, 0.717) is 17.6 Å². The first-order chi connectivity index (χ1) is 33.7. The standard InChI is InChI=1S/C63H48N6/c1-62(2)34-35-63(3,4)49-38-55-47(37-48(49)62)57-52(67(55)42-22-9-6-10-23-42)32-33-54-58(57)56-44-25-12-11-18-39(44)30-31-53(56)69(54)61-65-59(40-19-7-5-8-20-40)64-60(66-61)41-21-17-24-43(36-41)68-50-28-15-13-26-45(50)46-27-14-16-29-51(46)68/h5-33,36-38H,34-35H2,1-4H3. The quantitative estimate of drug-likeness (QED) is 0.173. The van der Waals surface area contributed by atoms with E-state index in [1.807, 2.05) is 18.2 Å². The van der Waals surface area contributed by atoms with Crippen LogP contribution in [0.25, 0.3) is 116 Å². The molecule has 6 heteroatoms. The van der Waals surface area contributed by atoms with Crippen molar-refractivity contribution < 1.29 is 0 Å². The fourth-order valence-electron chi connectivity index (χ4n) is 11.8. The predicted octanol–water partition coefficient (Wildman–Crippen LogP) is 16.0. The van der Waals surface area contributed by atoms with Gasteiger partial charge in [0.1, 0.15) is 0 Å². The lowest BCUT2D eigenvalue weighted by molar-refractivity contribution is 0.332. The largest absolute Gasteiger partial charge is 0.309 e. The monoisotopic (exact) mass is 888 g/mol. The molecule has 0 fully saturated rings. The van der Waals surface area contributed by atoms with Crippen molar-refractivity contribution in [3.8, 4) is 40.1 Å². The van der Waals surface area contributed by atoms with Gasteiger partial charge in [0.05, 0.1) is 33.1 Å². The zero-order valence-corrected chi connectivity index (χ0v) is 39.1. The number of fused-ring (bicyclic) bond motifs is 13. The minimum atomic E-state index is 0.0305. The molecule has 330 valence electrons. The predicted molar refractivity (Wildman–Crippen MR) is 287 cm³/mol. The summed E-state index contributed by atoms with van der Waals surface area (Å²) in [6.07, 6.45) is 2.29. The number of benzene rings is 9. The maximum Gasteiger partial charge on any atom is 0.238 e. The third kappa shape index (κ3) is 5.88. The van der Waals surface area contributed by atoms with Gasteiger partial charge in [-0.2, -0.15) is 9.97 Å². The van der Waals surface area contributed by atoms with E-state index >= 15 is 0 Å². The van der Waals surface area contributed by atoms with Crippen LogP contribution in [0, 0.1) is 0 Å². The summed E-state index contributed by atoms with van der Waals surface area (Å²) >= 11 is 0. The smallest absolute Gasteiger partial charge is 0.238 e. The highest BCUT2D eigenvalue weighted by Gasteiger charge is 2.38. The van der Waals surface area contributed by atoms with E-state index in [4.69, 9.17) is 15.0 Å². The zero-order chi connectivity index (χ0) is 46.2. The molecule has 0 amide bonds. The van der Waals surface area contributed by atoms with Crippen molar-refractivity contribution in [1.82, 2.24) is 28.7 Å². The Balaban J connectivity index is 1.09. The van der Waals surface area contributed by atoms with Crippen LogP contribution in [-0.4, -0.2) is 28.7 Å². The summed E-state index contributed by atoms with van der Waals surface area (Å²) in [5.74, 6) is 1.80. The molecule has 69 heavy (non-hydrogen) atoms. The average Bonchev–Trinajstić information content (AvgIpc) is 4.03. The first-order valence-corrected chi connectivity index (χ1v) is 24.2. The fourth-order valence-corrected chi connectivity index (χ4v) is 11.8. The van der Waals surface area contributed by atoms with Gasteiger partial charge >= 0.3 is 0 Å². The Labute approximate surface area is 399 Å². The summed E-state index contributed by atoms with van der Waals surface area (Å²) in [6, 6.07) is 70.1. The van der Waals surface area contributed by atoms with Gasteiger partial charge in [-0.3, -0.25) is 4.57 Å². The molecule has 9 aromatic carbocycles. The van der Waals surface area contributed by atoms with Gasteiger partial charge in [0.15, 0.2) is 11.6 Å². The van der Waals surface area contributed by atoms with E-state index in [2.05, 4.69) is 217 Å². The SMILES string of the molecule is CC1(C)CCC(C)(C)c2cc3c(cc21)c1c2c4c5ccccc5ccc4n(-c4nc(-c5ccccc5)nc(-c5cccc(-n6c7ccccc7c7ccccc76)c5)n4)c2ccc1n3-c1ccccc1. The van der Waals surface area contributed by atoms with E-state index < -0.39 is 0 Å². The van der Waals surface area contributed by atoms with Gasteiger partial charge < -0.3 is 9.13 Å². The van der Waals surface area contributed by atoms with Gasteiger partial charge in [0.25, 0.3) is 0 Å². The Hall–Kier alpha value is -8.35. The van der Waals surface area contributed by atoms with Crippen LogP contribution in [0.15, 0.2) is 194 Å². The number of rotatable bonds is 5. The van der Waals surface area contributed by atoms with Crippen LogP contribution in [-0.2, 0) is 10.8 Å². The molecule has 0 aliphatic heterocycles. The summed E-state index contributed by atoms with van der Waals surface area (Å²) in [6.45, 7) is 9.71. The molecule has 0 radical (unpaired) electrons. The molecule has 0 saturated carbocycles. The molecule has 14 rings (SSSR count). The highest BCUT2D eigenvalue weighted by molar-refractivity contribution is 6.33. The highest BCUT2D eigenvalue weighted by Crippen LogP contribution is 2.51. The minimum absolute atomic E-state index is 0.0305. The van der Waals surface area contributed by atoms with Crippen LogP contribution in [0.5, 0.6) is 0 Å². The molecular weight excluding hydrogens is 841 g/mol. The molecule has 4 aromatic heterocycles. The first kappa shape index (κ1) is 39.8. The van der Waals surface area contributed by atoms with Gasteiger partial charge in [0, 0.05) is 54.8 Å². The van der Waals surface area contributed by atoms with Gasteiger partial charge in [-0.25, -0.2) is 4.98 Å². The number of hydrogen-bond donors (Lipinski definition) is 0.